The summed E-state index contributed by atoms with van der Waals surface area (Å²) in [5.41, 5.74) is 3.74. The van der Waals surface area contributed by atoms with E-state index in [-0.39, 0.29) is 17.7 Å². The summed E-state index contributed by atoms with van der Waals surface area (Å²) in [7, 11) is 0. The van der Waals surface area contributed by atoms with Gasteiger partial charge in [-0.3, -0.25) is 9.59 Å². The second kappa shape index (κ2) is 10.9. The highest BCUT2D eigenvalue weighted by molar-refractivity contribution is 6.02. The van der Waals surface area contributed by atoms with E-state index in [0.29, 0.717) is 29.6 Å². The van der Waals surface area contributed by atoms with Gasteiger partial charge in [-0.15, -0.1) is 0 Å². The Hall–Kier alpha value is -2.82. The lowest BCUT2D eigenvalue weighted by atomic mass is 9.85. The van der Waals surface area contributed by atoms with Gasteiger partial charge in [-0.05, 0) is 67.7 Å². The number of anilines is 2. The van der Waals surface area contributed by atoms with Gasteiger partial charge in [0.2, 0.25) is 5.91 Å². The van der Waals surface area contributed by atoms with Crippen LogP contribution >= 0.6 is 0 Å². The molecule has 5 nitrogen and oxygen atoms in total. The third kappa shape index (κ3) is 6.16. The van der Waals surface area contributed by atoms with Crippen LogP contribution in [0.3, 0.4) is 0 Å². The molecule has 4 rings (SSSR count). The summed E-state index contributed by atoms with van der Waals surface area (Å²) in [4.78, 5) is 27.9. The highest BCUT2D eigenvalue weighted by atomic mass is 16.2. The number of carbonyl (C=O) groups is 2. The molecule has 0 spiro atoms. The lowest BCUT2D eigenvalue weighted by molar-refractivity contribution is -0.122. The molecule has 5 heteroatoms. The third-order valence-corrected chi connectivity index (χ3v) is 6.98. The van der Waals surface area contributed by atoms with Gasteiger partial charge in [0.15, 0.2) is 0 Å². The molecular weight excluding hydrogens is 410 g/mol. The first-order valence-electron chi connectivity index (χ1n) is 12.5. The molecule has 2 aromatic rings. The van der Waals surface area contributed by atoms with Crippen LogP contribution in [0.1, 0.15) is 61.9 Å². The number of piperidine rings is 1. The maximum atomic E-state index is 13.1. The predicted octanol–water partition coefficient (Wildman–Crippen LogP) is 5.27. The van der Waals surface area contributed by atoms with E-state index >= 15 is 0 Å². The van der Waals surface area contributed by atoms with E-state index in [1.807, 2.05) is 18.2 Å². The third-order valence-electron chi connectivity index (χ3n) is 6.98. The zero-order valence-electron chi connectivity index (χ0n) is 20.0. The number of hydrogen-bond donors (Lipinski definition) is 2. The van der Waals surface area contributed by atoms with E-state index in [1.165, 1.54) is 5.56 Å². The molecule has 2 fully saturated rings. The van der Waals surface area contributed by atoms with Crippen LogP contribution in [0.4, 0.5) is 11.4 Å². The van der Waals surface area contributed by atoms with Gasteiger partial charge in [-0.1, -0.05) is 50.6 Å². The number of amides is 2. The number of hydrogen-bond acceptors (Lipinski definition) is 3. The van der Waals surface area contributed by atoms with Crippen molar-refractivity contribution >= 4 is 23.2 Å². The number of carbonyl (C=O) groups excluding carboxylic acids is 2. The Morgan fingerprint density at radius 1 is 1.00 bits per heavy atom. The Bertz CT molecular complexity index is 945. The predicted molar refractivity (Wildman–Crippen MR) is 135 cm³/mol. The van der Waals surface area contributed by atoms with Crippen molar-refractivity contribution in [3.05, 3.63) is 59.7 Å². The summed E-state index contributed by atoms with van der Waals surface area (Å²) >= 11 is 0. The lowest BCUT2D eigenvalue weighted by Gasteiger charge is -2.35. The fourth-order valence-electron chi connectivity index (χ4n) is 4.70. The quantitative estimate of drug-likeness (QED) is 0.579. The molecule has 33 heavy (non-hydrogen) atoms. The zero-order valence-corrected chi connectivity index (χ0v) is 20.0. The van der Waals surface area contributed by atoms with E-state index < -0.39 is 0 Å². The van der Waals surface area contributed by atoms with Gasteiger partial charge in [0.05, 0.1) is 5.56 Å². The first-order chi connectivity index (χ1) is 16.0. The van der Waals surface area contributed by atoms with Gasteiger partial charge < -0.3 is 15.5 Å². The van der Waals surface area contributed by atoms with Gasteiger partial charge in [-0.2, -0.15) is 0 Å². The van der Waals surface area contributed by atoms with E-state index in [2.05, 4.69) is 59.7 Å². The van der Waals surface area contributed by atoms with E-state index in [9.17, 15) is 9.59 Å². The summed E-state index contributed by atoms with van der Waals surface area (Å²) in [6, 6.07) is 16.5. The highest BCUT2D eigenvalue weighted by Crippen LogP contribution is 2.31. The Balaban J connectivity index is 1.46. The van der Waals surface area contributed by atoms with Crippen LogP contribution in [0.25, 0.3) is 0 Å². The van der Waals surface area contributed by atoms with Crippen molar-refractivity contribution in [2.75, 3.05) is 29.9 Å². The normalized spacial score (nSPS) is 17.0. The first-order valence-corrected chi connectivity index (χ1v) is 12.5. The molecule has 2 N–H and O–H groups in total. The second-order valence-electron chi connectivity index (χ2n) is 10.1. The van der Waals surface area contributed by atoms with Gasteiger partial charge in [0.1, 0.15) is 0 Å². The molecule has 0 atom stereocenters. The van der Waals surface area contributed by atoms with Crippen LogP contribution in [-0.2, 0) is 11.2 Å². The molecule has 0 radical (unpaired) electrons. The summed E-state index contributed by atoms with van der Waals surface area (Å²) in [5, 5.41) is 6.10. The van der Waals surface area contributed by atoms with Gasteiger partial charge >= 0.3 is 0 Å². The smallest absolute Gasteiger partial charge is 0.253 e. The van der Waals surface area contributed by atoms with Crippen molar-refractivity contribution in [2.24, 2.45) is 17.8 Å². The molecular formula is C28H37N3O2. The molecule has 1 aliphatic carbocycles. The number of benzene rings is 2. The molecule has 0 bridgehead atoms. The fraction of sp³-hybridized carbons (Fsp3) is 0.500. The minimum absolute atomic E-state index is 0.0650. The molecule has 176 valence electrons. The van der Waals surface area contributed by atoms with Crippen LogP contribution < -0.4 is 15.5 Å². The Morgan fingerprint density at radius 2 is 1.73 bits per heavy atom. The summed E-state index contributed by atoms with van der Waals surface area (Å²) in [5.74, 6) is 1.18. The van der Waals surface area contributed by atoms with Crippen LogP contribution in [0, 0.1) is 17.8 Å². The summed E-state index contributed by atoms with van der Waals surface area (Å²) < 4.78 is 0. The van der Waals surface area contributed by atoms with Crippen LogP contribution in [0.15, 0.2) is 48.5 Å². The summed E-state index contributed by atoms with van der Waals surface area (Å²) in [6.45, 7) is 6.70. The van der Waals surface area contributed by atoms with Crippen molar-refractivity contribution in [2.45, 2.75) is 52.4 Å². The SMILES string of the molecule is CC(C)CNC(=O)c1cc(NC(=O)C2CCC2)ccc1N1CCC(Cc2ccccc2)CC1. The number of nitrogens with zero attached hydrogens (tertiary/aromatic N) is 1. The first kappa shape index (κ1) is 23.3. The molecule has 1 saturated carbocycles. The molecule has 1 aliphatic heterocycles. The largest absolute Gasteiger partial charge is 0.371 e. The van der Waals surface area contributed by atoms with Crippen molar-refractivity contribution in [1.29, 1.82) is 0 Å². The monoisotopic (exact) mass is 447 g/mol. The van der Waals surface area contributed by atoms with Crippen LogP contribution in [-0.4, -0.2) is 31.4 Å². The number of nitrogens with one attached hydrogen (secondary N) is 2. The minimum atomic E-state index is -0.0650. The fourth-order valence-corrected chi connectivity index (χ4v) is 4.70. The Labute approximate surface area is 197 Å². The van der Waals surface area contributed by atoms with Crippen molar-refractivity contribution in [3.8, 4) is 0 Å². The van der Waals surface area contributed by atoms with Gasteiger partial charge in [0.25, 0.3) is 5.91 Å². The minimum Gasteiger partial charge on any atom is -0.371 e. The van der Waals surface area contributed by atoms with E-state index in [4.69, 9.17) is 0 Å². The van der Waals surface area contributed by atoms with Crippen molar-refractivity contribution < 1.29 is 9.59 Å². The Kier molecular flexibility index (Phi) is 7.69. The van der Waals surface area contributed by atoms with Gasteiger partial charge in [0, 0.05) is 36.9 Å². The number of rotatable bonds is 8. The highest BCUT2D eigenvalue weighted by Gasteiger charge is 2.27. The molecule has 1 saturated heterocycles. The molecule has 2 amide bonds. The molecule has 0 aromatic heterocycles. The molecule has 2 aliphatic rings. The van der Waals surface area contributed by atoms with Crippen molar-refractivity contribution in [3.63, 3.8) is 0 Å². The topological polar surface area (TPSA) is 61.4 Å². The second-order valence-corrected chi connectivity index (χ2v) is 10.1. The molecule has 1 heterocycles. The maximum absolute atomic E-state index is 13.1. The van der Waals surface area contributed by atoms with Crippen LogP contribution in [0.2, 0.25) is 0 Å². The maximum Gasteiger partial charge on any atom is 0.253 e. The summed E-state index contributed by atoms with van der Waals surface area (Å²) in [6.07, 6.45) is 6.39. The molecule has 0 unspecified atom stereocenters. The average molecular weight is 448 g/mol. The standard InChI is InChI=1S/C28H37N3O2/c1-20(2)19-29-28(33)25-18-24(30-27(32)23-9-6-10-23)11-12-26(25)31-15-13-22(14-16-31)17-21-7-4-3-5-8-21/h3-5,7-8,11-12,18,20,22-23H,6,9-10,13-17,19H2,1-2H3,(H,29,33)(H,30,32). The average Bonchev–Trinajstić information content (AvgIpc) is 2.77. The van der Waals surface area contributed by atoms with Crippen molar-refractivity contribution in [1.82, 2.24) is 5.32 Å². The zero-order chi connectivity index (χ0) is 23.2. The Morgan fingerprint density at radius 3 is 2.36 bits per heavy atom. The van der Waals surface area contributed by atoms with E-state index in [1.54, 1.807) is 0 Å². The van der Waals surface area contributed by atoms with Crippen LogP contribution in [0.5, 0.6) is 0 Å². The molecule has 2 aromatic carbocycles. The van der Waals surface area contributed by atoms with Gasteiger partial charge in [-0.25, -0.2) is 0 Å². The lowest BCUT2D eigenvalue weighted by Crippen LogP contribution is -2.36. The van der Waals surface area contributed by atoms with E-state index in [0.717, 1.165) is 57.3 Å².